The van der Waals surface area contributed by atoms with Gasteiger partial charge in [-0.2, -0.15) is 0 Å². The zero-order chi connectivity index (χ0) is 19.4. The van der Waals surface area contributed by atoms with Gasteiger partial charge in [0.15, 0.2) is 11.5 Å². The van der Waals surface area contributed by atoms with Crippen molar-refractivity contribution in [1.29, 1.82) is 0 Å². The molecule has 2 aromatic rings. The maximum atomic E-state index is 6.09. The standard InChI is InChI=1S/C24H31NO3/c1-18(2)23-15-24(11-13-26-23,20-6-4-3-5-7-20)10-12-25-16-19-8-9-21-22(14-19)28-17-27-21/h3-9,14,18,23,25H,10-13,15-17H2,1-2H3/t23-,24+/m1/s1. The molecule has 4 rings (SSSR count). The summed E-state index contributed by atoms with van der Waals surface area (Å²) >= 11 is 0. The van der Waals surface area contributed by atoms with Crippen molar-refractivity contribution in [3.05, 3.63) is 59.7 Å². The fourth-order valence-electron chi connectivity index (χ4n) is 4.42. The van der Waals surface area contributed by atoms with E-state index >= 15 is 0 Å². The van der Waals surface area contributed by atoms with E-state index in [2.05, 4.69) is 61.6 Å². The number of benzene rings is 2. The Balaban J connectivity index is 1.40. The summed E-state index contributed by atoms with van der Waals surface area (Å²) < 4.78 is 17.0. The summed E-state index contributed by atoms with van der Waals surface area (Å²) in [5.41, 5.74) is 2.87. The van der Waals surface area contributed by atoms with Gasteiger partial charge in [0, 0.05) is 18.6 Å². The zero-order valence-electron chi connectivity index (χ0n) is 16.9. The fraction of sp³-hybridized carbons (Fsp3) is 0.500. The molecule has 150 valence electrons. The van der Waals surface area contributed by atoms with E-state index < -0.39 is 0 Å². The largest absolute Gasteiger partial charge is 0.454 e. The Hall–Kier alpha value is -2.04. The van der Waals surface area contributed by atoms with Crippen LogP contribution in [0.15, 0.2) is 48.5 Å². The van der Waals surface area contributed by atoms with Crippen LogP contribution in [0, 0.1) is 5.92 Å². The van der Waals surface area contributed by atoms with Crippen LogP contribution in [-0.4, -0.2) is 26.0 Å². The highest BCUT2D eigenvalue weighted by molar-refractivity contribution is 5.44. The third-order valence-corrected chi connectivity index (χ3v) is 6.18. The monoisotopic (exact) mass is 381 g/mol. The highest BCUT2D eigenvalue weighted by atomic mass is 16.7. The molecule has 2 aromatic carbocycles. The first kappa shape index (κ1) is 19.3. The molecule has 4 heteroatoms. The van der Waals surface area contributed by atoms with Gasteiger partial charge in [0.1, 0.15) is 0 Å². The number of hydrogen-bond acceptors (Lipinski definition) is 4. The normalized spacial score (nSPS) is 23.9. The lowest BCUT2D eigenvalue weighted by Gasteiger charge is -2.43. The topological polar surface area (TPSA) is 39.7 Å². The van der Waals surface area contributed by atoms with Crippen molar-refractivity contribution >= 4 is 0 Å². The zero-order valence-corrected chi connectivity index (χ0v) is 16.9. The van der Waals surface area contributed by atoms with Gasteiger partial charge in [-0.1, -0.05) is 50.2 Å². The number of nitrogens with one attached hydrogen (secondary N) is 1. The predicted octanol–water partition coefficient (Wildman–Crippen LogP) is 4.67. The number of fused-ring (bicyclic) bond motifs is 1. The van der Waals surface area contributed by atoms with Crippen LogP contribution < -0.4 is 14.8 Å². The minimum absolute atomic E-state index is 0.191. The lowest BCUT2D eigenvalue weighted by Crippen LogP contribution is -2.42. The molecule has 2 aliphatic rings. The van der Waals surface area contributed by atoms with E-state index in [4.69, 9.17) is 14.2 Å². The summed E-state index contributed by atoms with van der Waals surface area (Å²) in [4.78, 5) is 0. The second kappa shape index (κ2) is 8.54. The van der Waals surface area contributed by atoms with E-state index in [1.807, 2.05) is 6.07 Å². The van der Waals surface area contributed by atoms with Gasteiger partial charge in [-0.3, -0.25) is 0 Å². The Labute approximate surface area is 168 Å². The molecule has 1 N–H and O–H groups in total. The van der Waals surface area contributed by atoms with E-state index in [9.17, 15) is 0 Å². The van der Waals surface area contributed by atoms with E-state index in [1.165, 1.54) is 11.1 Å². The molecule has 0 bridgehead atoms. The molecular weight excluding hydrogens is 350 g/mol. The molecule has 2 heterocycles. The van der Waals surface area contributed by atoms with Crippen molar-refractivity contribution in [2.75, 3.05) is 19.9 Å². The van der Waals surface area contributed by atoms with E-state index in [1.54, 1.807) is 0 Å². The summed E-state index contributed by atoms with van der Waals surface area (Å²) in [6.45, 7) is 7.53. The van der Waals surface area contributed by atoms with Crippen LogP contribution in [-0.2, 0) is 16.7 Å². The Morgan fingerprint density at radius 2 is 1.89 bits per heavy atom. The van der Waals surface area contributed by atoms with Crippen LogP contribution in [0.1, 0.15) is 44.2 Å². The molecule has 0 saturated carbocycles. The van der Waals surface area contributed by atoms with Crippen molar-refractivity contribution < 1.29 is 14.2 Å². The number of hydrogen-bond donors (Lipinski definition) is 1. The smallest absolute Gasteiger partial charge is 0.231 e. The molecule has 0 radical (unpaired) electrons. The summed E-state index contributed by atoms with van der Waals surface area (Å²) in [7, 11) is 0. The molecule has 2 atom stereocenters. The first-order chi connectivity index (χ1) is 13.7. The van der Waals surface area contributed by atoms with Crippen molar-refractivity contribution in [3.8, 4) is 11.5 Å². The summed E-state index contributed by atoms with van der Waals surface area (Å²) in [5, 5.41) is 3.64. The van der Waals surface area contributed by atoms with Crippen molar-refractivity contribution in [1.82, 2.24) is 5.32 Å². The van der Waals surface area contributed by atoms with Gasteiger partial charge in [-0.25, -0.2) is 0 Å². The first-order valence-electron chi connectivity index (χ1n) is 10.4. The molecule has 0 unspecified atom stereocenters. The average molecular weight is 382 g/mol. The van der Waals surface area contributed by atoms with Crippen LogP contribution in [0.2, 0.25) is 0 Å². The summed E-state index contributed by atoms with van der Waals surface area (Å²) in [5.74, 6) is 2.24. The SMILES string of the molecule is CC(C)[C@H]1C[C@@](CCNCc2ccc3c(c2)OCO3)(c2ccccc2)CCO1. The van der Waals surface area contributed by atoms with Crippen molar-refractivity contribution in [2.45, 2.75) is 51.2 Å². The van der Waals surface area contributed by atoms with Crippen LogP contribution in [0.4, 0.5) is 0 Å². The Bertz CT molecular complexity index is 777. The first-order valence-corrected chi connectivity index (χ1v) is 10.4. The quantitative estimate of drug-likeness (QED) is 0.708. The minimum atomic E-state index is 0.191. The molecule has 2 aliphatic heterocycles. The lowest BCUT2D eigenvalue weighted by atomic mass is 9.68. The van der Waals surface area contributed by atoms with Crippen LogP contribution in [0.5, 0.6) is 11.5 Å². The van der Waals surface area contributed by atoms with Crippen molar-refractivity contribution in [3.63, 3.8) is 0 Å². The number of ether oxygens (including phenoxy) is 3. The van der Waals surface area contributed by atoms with Crippen LogP contribution in [0.3, 0.4) is 0 Å². The van der Waals surface area contributed by atoms with Crippen molar-refractivity contribution in [2.24, 2.45) is 5.92 Å². The van der Waals surface area contributed by atoms with Crippen LogP contribution in [0.25, 0.3) is 0 Å². The second-order valence-corrected chi connectivity index (χ2v) is 8.37. The van der Waals surface area contributed by atoms with Gasteiger partial charge in [-0.15, -0.1) is 0 Å². The van der Waals surface area contributed by atoms with Gasteiger partial charge >= 0.3 is 0 Å². The van der Waals surface area contributed by atoms with Gasteiger partial charge in [0.25, 0.3) is 0 Å². The maximum Gasteiger partial charge on any atom is 0.231 e. The molecule has 0 amide bonds. The van der Waals surface area contributed by atoms with E-state index in [0.717, 1.165) is 50.5 Å². The molecule has 0 spiro atoms. The third-order valence-electron chi connectivity index (χ3n) is 6.18. The van der Waals surface area contributed by atoms with Crippen LogP contribution >= 0.6 is 0 Å². The second-order valence-electron chi connectivity index (χ2n) is 8.37. The molecular formula is C24H31NO3. The molecule has 0 aliphatic carbocycles. The van der Waals surface area contributed by atoms with Gasteiger partial charge in [0.2, 0.25) is 6.79 Å². The molecule has 4 nitrogen and oxygen atoms in total. The van der Waals surface area contributed by atoms with Gasteiger partial charge < -0.3 is 19.5 Å². The molecule has 0 aromatic heterocycles. The summed E-state index contributed by atoms with van der Waals surface area (Å²) in [6, 6.07) is 17.2. The summed E-state index contributed by atoms with van der Waals surface area (Å²) in [6.07, 6.45) is 3.64. The third kappa shape index (κ3) is 4.18. The van der Waals surface area contributed by atoms with Gasteiger partial charge in [0.05, 0.1) is 6.10 Å². The molecule has 1 saturated heterocycles. The molecule has 1 fully saturated rings. The lowest BCUT2D eigenvalue weighted by molar-refractivity contribution is -0.0469. The van der Waals surface area contributed by atoms with Gasteiger partial charge in [-0.05, 0) is 55.0 Å². The minimum Gasteiger partial charge on any atom is -0.454 e. The highest BCUT2D eigenvalue weighted by Gasteiger charge is 2.38. The number of rotatable bonds is 7. The Kier molecular flexibility index (Phi) is 5.88. The predicted molar refractivity (Wildman–Crippen MR) is 111 cm³/mol. The van der Waals surface area contributed by atoms with E-state index in [0.29, 0.717) is 18.8 Å². The maximum absolute atomic E-state index is 6.09. The van der Waals surface area contributed by atoms with E-state index in [-0.39, 0.29) is 5.41 Å². The Morgan fingerprint density at radius 3 is 2.71 bits per heavy atom. The molecule has 28 heavy (non-hydrogen) atoms. The highest BCUT2D eigenvalue weighted by Crippen LogP contribution is 2.41. The fourth-order valence-corrected chi connectivity index (χ4v) is 4.42. The average Bonchev–Trinajstić information content (AvgIpc) is 3.20. The Morgan fingerprint density at radius 1 is 1.07 bits per heavy atom.